The van der Waals surface area contributed by atoms with E-state index in [4.69, 9.17) is 33.4 Å². The van der Waals surface area contributed by atoms with Crippen LogP contribution in [0, 0.1) is 0 Å². The number of halogens is 2. The predicted molar refractivity (Wildman–Crippen MR) is 113 cm³/mol. The van der Waals surface area contributed by atoms with Gasteiger partial charge in [-0.25, -0.2) is 4.68 Å². The summed E-state index contributed by atoms with van der Waals surface area (Å²) >= 11 is 12.1. The minimum atomic E-state index is -0.196. The molecule has 0 aliphatic heterocycles. The van der Waals surface area contributed by atoms with Gasteiger partial charge in [-0.3, -0.25) is 4.79 Å². The van der Waals surface area contributed by atoms with Crippen molar-refractivity contribution in [1.82, 2.24) is 15.1 Å². The summed E-state index contributed by atoms with van der Waals surface area (Å²) in [5.41, 5.74) is 8.86. The summed E-state index contributed by atoms with van der Waals surface area (Å²) < 4.78 is 6.81. The number of nitrogen functional groups attached to an aromatic ring is 1. The third-order valence-electron chi connectivity index (χ3n) is 4.33. The lowest BCUT2D eigenvalue weighted by molar-refractivity contribution is 0.0948. The topological polar surface area (TPSA) is 86.1 Å². The highest BCUT2D eigenvalue weighted by Gasteiger charge is 2.12. The molecular formula is C21H16Cl2N4O2. The molecule has 0 radical (unpaired) electrons. The number of nitrogens with one attached hydrogen (secondary N) is 1. The fourth-order valence-corrected chi connectivity index (χ4v) is 3.13. The smallest absolute Gasteiger partial charge is 0.251 e. The number of hydrogen-bond acceptors (Lipinski definition) is 4. The van der Waals surface area contributed by atoms with E-state index in [0.717, 1.165) is 11.3 Å². The third kappa shape index (κ3) is 4.13. The molecule has 0 saturated heterocycles. The Labute approximate surface area is 176 Å². The van der Waals surface area contributed by atoms with Gasteiger partial charge in [0.25, 0.3) is 5.91 Å². The average molecular weight is 427 g/mol. The first kappa shape index (κ1) is 19.1. The van der Waals surface area contributed by atoms with E-state index < -0.39 is 0 Å². The Balaban J connectivity index is 1.52. The van der Waals surface area contributed by atoms with Crippen LogP contribution in [0.2, 0.25) is 10.0 Å². The van der Waals surface area contributed by atoms with E-state index in [9.17, 15) is 4.79 Å². The molecule has 0 unspecified atom stereocenters. The number of nitrogens with two attached hydrogens (primary N) is 1. The number of anilines is 1. The van der Waals surface area contributed by atoms with E-state index in [0.29, 0.717) is 39.4 Å². The van der Waals surface area contributed by atoms with Crippen LogP contribution in [0.1, 0.15) is 16.1 Å². The maximum Gasteiger partial charge on any atom is 0.251 e. The summed E-state index contributed by atoms with van der Waals surface area (Å²) in [6, 6.07) is 17.6. The lowest BCUT2D eigenvalue weighted by Crippen LogP contribution is -2.22. The van der Waals surface area contributed by atoms with Gasteiger partial charge in [0.05, 0.1) is 34.2 Å². The van der Waals surface area contributed by atoms with Crippen molar-refractivity contribution in [3.05, 3.63) is 88.3 Å². The van der Waals surface area contributed by atoms with Gasteiger partial charge in [-0.15, -0.1) is 0 Å². The molecule has 2 heterocycles. The van der Waals surface area contributed by atoms with Crippen LogP contribution in [0.3, 0.4) is 0 Å². The van der Waals surface area contributed by atoms with Crippen LogP contribution >= 0.6 is 23.2 Å². The monoisotopic (exact) mass is 426 g/mol. The van der Waals surface area contributed by atoms with Crippen LogP contribution in [0.25, 0.3) is 16.9 Å². The fourth-order valence-electron chi connectivity index (χ4n) is 2.84. The van der Waals surface area contributed by atoms with Gasteiger partial charge in [0.15, 0.2) is 0 Å². The van der Waals surface area contributed by atoms with Crippen molar-refractivity contribution in [3.8, 4) is 16.9 Å². The van der Waals surface area contributed by atoms with Crippen molar-refractivity contribution in [2.45, 2.75) is 6.54 Å². The summed E-state index contributed by atoms with van der Waals surface area (Å²) in [5.74, 6) is 0.952. The van der Waals surface area contributed by atoms with Gasteiger partial charge in [-0.05, 0) is 48.5 Å². The molecule has 146 valence electrons. The number of benzene rings is 2. The highest BCUT2D eigenvalue weighted by molar-refractivity contribution is 6.42. The quantitative estimate of drug-likeness (QED) is 0.472. The SMILES string of the molecule is Nc1cc(-c2ccc(Cl)c(Cl)c2)nn1-c1ccc(C(=O)NCc2ccco2)cc1. The summed E-state index contributed by atoms with van der Waals surface area (Å²) in [6.45, 7) is 0.326. The first-order valence-corrected chi connectivity index (χ1v) is 9.49. The molecule has 0 atom stereocenters. The number of carbonyl (C=O) groups is 1. The zero-order valence-electron chi connectivity index (χ0n) is 15.1. The highest BCUT2D eigenvalue weighted by Crippen LogP contribution is 2.29. The normalized spacial score (nSPS) is 10.8. The van der Waals surface area contributed by atoms with E-state index in [1.165, 1.54) is 0 Å². The van der Waals surface area contributed by atoms with Crippen LogP contribution in [0.4, 0.5) is 5.82 Å². The Morgan fingerprint density at radius 2 is 1.86 bits per heavy atom. The minimum Gasteiger partial charge on any atom is -0.467 e. The highest BCUT2D eigenvalue weighted by atomic mass is 35.5. The van der Waals surface area contributed by atoms with Gasteiger partial charge < -0.3 is 15.5 Å². The number of amides is 1. The van der Waals surface area contributed by atoms with Gasteiger partial charge >= 0.3 is 0 Å². The lowest BCUT2D eigenvalue weighted by Gasteiger charge is -2.07. The van der Waals surface area contributed by atoms with E-state index in [2.05, 4.69) is 10.4 Å². The molecular weight excluding hydrogens is 411 g/mol. The van der Waals surface area contributed by atoms with Gasteiger partial charge in [0, 0.05) is 17.2 Å². The number of aromatic nitrogens is 2. The van der Waals surface area contributed by atoms with Crippen molar-refractivity contribution >= 4 is 34.9 Å². The molecule has 2 aromatic carbocycles. The lowest BCUT2D eigenvalue weighted by atomic mass is 10.1. The first-order valence-electron chi connectivity index (χ1n) is 8.73. The molecule has 1 amide bonds. The van der Waals surface area contributed by atoms with Crippen molar-refractivity contribution < 1.29 is 9.21 Å². The molecule has 3 N–H and O–H groups in total. The van der Waals surface area contributed by atoms with E-state index in [-0.39, 0.29) is 5.91 Å². The van der Waals surface area contributed by atoms with Gasteiger partial charge in [-0.2, -0.15) is 5.10 Å². The largest absolute Gasteiger partial charge is 0.467 e. The first-order chi connectivity index (χ1) is 14.0. The van der Waals surface area contributed by atoms with Crippen LogP contribution in [-0.4, -0.2) is 15.7 Å². The number of carbonyl (C=O) groups excluding carboxylic acids is 1. The number of hydrogen-bond donors (Lipinski definition) is 2. The molecule has 29 heavy (non-hydrogen) atoms. The fraction of sp³-hybridized carbons (Fsp3) is 0.0476. The second-order valence-corrected chi connectivity index (χ2v) is 7.12. The van der Waals surface area contributed by atoms with E-state index in [1.54, 1.807) is 65.5 Å². The molecule has 0 bridgehead atoms. The molecule has 4 rings (SSSR count). The second kappa shape index (κ2) is 8.03. The zero-order chi connectivity index (χ0) is 20.4. The Kier molecular flexibility index (Phi) is 5.29. The molecule has 8 heteroatoms. The Bertz CT molecular complexity index is 1150. The number of rotatable bonds is 5. The minimum absolute atomic E-state index is 0.196. The molecule has 4 aromatic rings. The second-order valence-electron chi connectivity index (χ2n) is 6.30. The molecule has 0 aliphatic carbocycles. The van der Waals surface area contributed by atoms with Gasteiger partial charge in [0.1, 0.15) is 11.6 Å². The Hall–Kier alpha value is -3.22. The zero-order valence-corrected chi connectivity index (χ0v) is 16.6. The van der Waals surface area contributed by atoms with Crippen LogP contribution in [0.5, 0.6) is 0 Å². The Morgan fingerprint density at radius 3 is 2.55 bits per heavy atom. The Morgan fingerprint density at radius 1 is 1.07 bits per heavy atom. The molecule has 0 saturated carbocycles. The molecule has 6 nitrogen and oxygen atoms in total. The van der Waals surface area contributed by atoms with Crippen molar-refractivity contribution in [1.29, 1.82) is 0 Å². The summed E-state index contributed by atoms with van der Waals surface area (Å²) in [4.78, 5) is 12.3. The molecule has 0 fully saturated rings. The molecule has 2 aromatic heterocycles. The van der Waals surface area contributed by atoms with Crippen LogP contribution < -0.4 is 11.1 Å². The third-order valence-corrected chi connectivity index (χ3v) is 5.07. The van der Waals surface area contributed by atoms with Crippen molar-refractivity contribution in [2.24, 2.45) is 0 Å². The number of nitrogens with zero attached hydrogens (tertiary/aromatic N) is 2. The van der Waals surface area contributed by atoms with Gasteiger partial charge in [-0.1, -0.05) is 29.3 Å². The van der Waals surface area contributed by atoms with Crippen molar-refractivity contribution in [3.63, 3.8) is 0 Å². The van der Waals surface area contributed by atoms with E-state index >= 15 is 0 Å². The number of furan rings is 1. The van der Waals surface area contributed by atoms with Crippen molar-refractivity contribution in [2.75, 3.05) is 5.73 Å². The molecule has 0 aliphatic rings. The van der Waals surface area contributed by atoms with Gasteiger partial charge in [0.2, 0.25) is 0 Å². The maximum absolute atomic E-state index is 12.3. The maximum atomic E-state index is 12.3. The summed E-state index contributed by atoms with van der Waals surface area (Å²) in [5, 5.41) is 8.27. The van der Waals surface area contributed by atoms with E-state index in [1.807, 2.05) is 6.07 Å². The standard InChI is InChI=1S/C21H16Cl2N4O2/c22-17-8-5-14(10-18(17)23)19-11-20(24)27(26-19)15-6-3-13(4-7-15)21(28)25-12-16-2-1-9-29-16/h1-11H,12,24H2,(H,25,28). The molecule has 0 spiro atoms. The average Bonchev–Trinajstić information content (AvgIpc) is 3.38. The van der Waals surface area contributed by atoms with Crippen LogP contribution in [-0.2, 0) is 6.54 Å². The predicted octanol–water partition coefficient (Wildman–Crippen LogP) is 4.95. The summed E-state index contributed by atoms with van der Waals surface area (Å²) in [7, 11) is 0. The summed E-state index contributed by atoms with van der Waals surface area (Å²) in [6.07, 6.45) is 1.57. The van der Waals surface area contributed by atoms with Crippen LogP contribution in [0.15, 0.2) is 71.3 Å².